The Morgan fingerprint density at radius 3 is 2.42 bits per heavy atom. The van der Waals surface area contributed by atoms with E-state index in [9.17, 15) is 9.59 Å². The van der Waals surface area contributed by atoms with Crippen molar-refractivity contribution < 1.29 is 23.6 Å². The van der Waals surface area contributed by atoms with Crippen molar-refractivity contribution in [1.29, 1.82) is 0 Å². The van der Waals surface area contributed by atoms with Gasteiger partial charge in [-0.2, -0.15) is 0 Å². The standard InChI is InChI=1S/C34H55NO5/c1-11-13-29(2,3)15-16-31(6,28(37)38-10)17-18-32(7)22-39-26(36)19-25-33(8)20-23-21-35-40-27(23)30(4,5)24(33)12-14-34(25,32)9/h21,24-25H,11-20,22H2,1-10H3/t24-,25+,31-,32+,33-,34+/m0/s1. The minimum absolute atomic E-state index is 0.0878. The molecule has 1 aliphatic heterocycles. The second-order valence-electron chi connectivity index (χ2n) is 16.0. The van der Waals surface area contributed by atoms with E-state index in [4.69, 9.17) is 14.0 Å². The molecule has 2 aliphatic carbocycles. The maximum atomic E-state index is 13.2. The van der Waals surface area contributed by atoms with E-state index in [0.717, 1.165) is 63.5 Å². The van der Waals surface area contributed by atoms with Crippen LogP contribution in [-0.2, 0) is 30.9 Å². The van der Waals surface area contributed by atoms with Crippen molar-refractivity contribution in [1.82, 2.24) is 5.16 Å². The highest BCUT2D eigenvalue weighted by molar-refractivity contribution is 5.76. The van der Waals surface area contributed by atoms with Crippen LogP contribution in [0.4, 0.5) is 0 Å². The quantitative estimate of drug-likeness (QED) is 0.286. The molecule has 1 aromatic rings. The molecule has 1 saturated carbocycles. The molecule has 0 radical (unpaired) electrons. The van der Waals surface area contributed by atoms with E-state index in [-0.39, 0.29) is 44.9 Å². The summed E-state index contributed by atoms with van der Waals surface area (Å²) in [4.78, 5) is 26.5. The molecule has 6 heteroatoms. The predicted octanol–water partition coefficient (Wildman–Crippen LogP) is 8.07. The molecule has 0 aromatic carbocycles. The number of hydrogen-bond acceptors (Lipinski definition) is 6. The van der Waals surface area contributed by atoms with Crippen LogP contribution in [0.2, 0.25) is 0 Å². The van der Waals surface area contributed by atoms with Gasteiger partial charge in [0.15, 0.2) is 0 Å². The number of ether oxygens (including phenoxy) is 2. The topological polar surface area (TPSA) is 78.6 Å². The van der Waals surface area contributed by atoms with Crippen LogP contribution in [0.15, 0.2) is 10.7 Å². The van der Waals surface area contributed by atoms with Crippen LogP contribution in [-0.4, -0.2) is 30.8 Å². The first-order valence-electron chi connectivity index (χ1n) is 15.7. The van der Waals surface area contributed by atoms with E-state index in [1.807, 2.05) is 6.20 Å². The molecular formula is C34H55NO5. The van der Waals surface area contributed by atoms with Crippen molar-refractivity contribution in [3.63, 3.8) is 0 Å². The van der Waals surface area contributed by atoms with Crippen molar-refractivity contribution in [2.75, 3.05) is 13.7 Å². The fourth-order valence-corrected chi connectivity index (χ4v) is 9.55. The lowest BCUT2D eigenvalue weighted by Gasteiger charge is -2.64. The Balaban J connectivity index is 1.67. The summed E-state index contributed by atoms with van der Waals surface area (Å²) >= 11 is 0. The third-order valence-electron chi connectivity index (χ3n) is 12.5. The zero-order valence-electron chi connectivity index (χ0n) is 27.0. The monoisotopic (exact) mass is 557 g/mol. The highest BCUT2D eigenvalue weighted by Crippen LogP contribution is 2.69. The minimum atomic E-state index is -0.573. The van der Waals surface area contributed by atoms with Gasteiger partial charge >= 0.3 is 11.9 Å². The fourth-order valence-electron chi connectivity index (χ4n) is 9.55. The van der Waals surface area contributed by atoms with Crippen LogP contribution >= 0.6 is 0 Å². The lowest BCUT2D eigenvalue weighted by molar-refractivity contribution is -0.159. The summed E-state index contributed by atoms with van der Waals surface area (Å²) < 4.78 is 17.2. The minimum Gasteiger partial charge on any atom is -0.469 e. The number of cyclic esters (lactones) is 1. The van der Waals surface area contributed by atoms with Gasteiger partial charge < -0.3 is 14.0 Å². The first-order valence-corrected chi connectivity index (χ1v) is 15.7. The first kappa shape index (κ1) is 31.1. The predicted molar refractivity (Wildman–Crippen MR) is 157 cm³/mol. The molecule has 6 nitrogen and oxygen atoms in total. The summed E-state index contributed by atoms with van der Waals surface area (Å²) in [5, 5.41) is 4.19. The van der Waals surface area contributed by atoms with Crippen LogP contribution in [0.25, 0.3) is 0 Å². The van der Waals surface area contributed by atoms with Crippen LogP contribution < -0.4 is 0 Å². The van der Waals surface area contributed by atoms with Crippen molar-refractivity contribution in [3.05, 3.63) is 17.5 Å². The first-order chi connectivity index (χ1) is 18.5. The number of carbonyl (C=O) groups excluding carboxylic acids is 2. The molecule has 226 valence electrons. The molecule has 2 heterocycles. The SMILES string of the molecule is CCCC(C)(C)CC[C@@](C)(CC[C@]1(C)COC(=O)C[C@@H]2[C@@]3(C)Cc4cnoc4C(C)(C)[C@@H]3CC[C@]21C)C(=O)OC. The molecule has 0 amide bonds. The average Bonchev–Trinajstić information content (AvgIpc) is 3.32. The van der Waals surface area contributed by atoms with E-state index in [1.165, 1.54) is 12.7 Å². The number of nitrogens with zero attached hydrogens (tertiary/aromatic N) is 1. The fraction of sp³-hybridized carbons (Fsp3) is 0.853. The number of aromatic nitrogens is 1. The molecule has 0 bridgehead atoms. The molecule has 40 heavy (non-hydrogen) atoms. The average molecular weight is 558 g/mol. The van der Waals surface area contributed by atoms with E-state index < -0.39 is 5.41 Å². The molecule has 3 aliphatic rings. The molecule has 2 fully saturated rings. The Labute approximate surface area is 242 Å². The molecule has 0 spiro atoms. The molecule has 1 aromatic heterocycles. The second-order valence-corrected chi connectivity index (χ2v) is 16.0. The van der Waals surface area contributed by atoms with Gasteiger partial charge in [0.2, 0.25) is 0 Å². The summed E-state index contributed by atoms with van der Waals surface area (Å²) in [6.07, 6.45) is 10.9. The van der Waals surface area contributed by atoms with Crippen LogP contribution in [0.1, 0.15) is 131 Å². The van der Waals surface area contributed by atoms with Crippen molar-refractivity contribution in [2.24, 2.45) is 38.9 Å². The van der Waals surface area contributed by atoms with Gasteiger partial charge in [-0.25, -0.2) is 0 Å². The molecule has 6 atom stereocenters. The Bertz CT molecular complexity index is 1110. The van der Waals surface area contributed by atoms with Crippen molar-refractivity contribution in [2.45, 2.75) is 132 Å². The van der Waals surface area contributed by atoms with Crippen molar-refractivity contribution >= 4 is 11.9 Å². The van der Waals surface area contributed by atoms with Gasteiger partial charge in [0.1, 0.15) is 5.76 Å². The van der Waals surface area contributed by atoms with Crippen LogP contribution in [0.5, 0.6) is 0 Å². The van der Waals surface area contributed by atoms with Gasteiger partial charge in [-0.1, -0.05) is 67.0 Å². The smallest absolute Gasteiger partial charge is 0.311 e. The van der Waals surface area contributed by atoms with Crippen molar-refractivity contribution in [3.8, 4) is 0 Å². The number of fused-ring (bicyclic) bond motifs is 4. The van der Waals surface area contributed by atoms with Crippen LogP contribution in [0.3, 0.4) is 0 Å². The lowest BCUT2D eigenvalue weighted by atomic mass is 9.39. The number of rotatable bonds is 9. The zero-order valence-corrected chi connectivity index (χ0v) is 27.0. The highest BCUT2D eigenvalue weighted by atomic mass is 16.5. The molecule has 1 saturated heterocycles. The highest BCUT2D eigenvalue weighted by Gasteiger charge is 2.66. The normalized spacial score (nSPS) is 34.9. The number of hydrogen-bond donors (Lipinski definition) is 0. The Hall–Kier alpha value is -1.85. The number of methoxy groups -OCH3 is 1. The summed E-state index contributed by atoms with van der Waals surface area (Å²) in [6, 6.07) is 0. The maximum Gasteiger partial charge on any atom is 0.311 e. The van der Waals surface area contributed by atoms with E-state index in [2.05, 4.69) is 67.5 Å². The third-order valence-corrected chi connectivity index (χ3v) is 12.5. The Morgan fingerprint density at radius 2 is 1.77 bits per heavy atom. The van der Waals surface area contributed by atoms with Gasteiger partial charge in [-0.05, 0) is 86.4 Å². The lowest BCUT2D eigenvalue weighted by Crippen LogP contribution is -2.61. The van der Waals surface area contributed by atoms with Gasteiger partial charge in [0.25, 0.3) is 0 Å². The molecule has 0 N–H and O–H groups in total. The zero-order chi connectivity index (χ0) is 29.8. The molecule has 4 rings (SSSR count). The van der Waals surface area contributed by atoms with Gasteiger partial charge in [0.05, 0.1) is 25.3 Å². The van der Waals surface area contributed by atoms with Gasteiger partial charge in [-0.15, -0.1) is 0 Å². The third kappa shape index (κ3) is 5.04. The second kappa shape index (κ2) is 10.5. The summed E-state index contributed by atoms with van der Waals surface area (Å²) in [5.41, 5.74) is 0.177. The number of esters is 2. The van der Waals surface area contributed by atoms with E-state index in [0.29, 0.717) is 18.9 Å². The van der Waals surface area contributed by atoms with E-state index in [1.54, 1.807) is 0 Å². The summed E-state index contributed by atoms with van der Waals surface area (Å²) in [5.74, 6) is 1.34. The maximum absolute atomic E-state index is 13.2. The Morgan fingerprint density at radius 1 is 1.07 bits per heavy atom. The van der Waals surface area contributed by atoms with Crippen LogP contribution in [0, 0.1) is 38.9 Å². The number of carbonyl (C=O) groups is 2. The molecule has 0 unspecified atom stereocenters. The summed E-state index contributed by atoms with van der Waals surface area (Å²) in [6.45, 7) is 21.0. The Kier molecular flexibility index (Phi) is 8.13. The largest absolute Gasteiger partial charge is 0.469 e. The van der Waals surface area contributed by atoms with Gasteiger partial charge in [0, 0.05) is 22.8 Å². The van der Waals surface area contributed by atoms with E-state index >= 15 is 0 Å². The summed E-state index contributed by atoms with van der Waals surface area (Å²) in [7, 11) is 1.51. The molecular weight excluding hydrogens is 502 g/mol. The van der Waals surface area contributed by atoms with Gasteiger partial charge in [-0.3, -0.25) is 9.59 Å².